The van der Waals surface area contributed by atoms with Crippen LogP contribution in [0, 0.1) is 5.41 Å². The van der Waals surface area contributed by atoms with Crippen LogP contribution in [0.3, 0.4) is 0 Å². The lowest BCUT2D eigenvalue weighted by atomic mass is 9.69. The van der Waals surface area contributed by atoms with E-state index in [0.717, 1.165) is 12.1 Å². The minimum atomic E-state index is -4.42. The van der Waals surface area contributed by atoms with Crippen LogP contribution in [-0.4, -0.2) is 35.8 Å². The molecule has 1 amide bonds. The summed E-state index contributed by atoms with van der Waals surface area (Å²) in [6, 6.07) is 4.78. The SMILES string of the molecule is CN(C)N1C(=O)C[C@H](c2ccc(C(F)(F)F)cc2)C2=C1CC(C)(C)CC2=O. The van der Waals surface area contributed by atoms with Crippen LogP contribution in [0.2, 0.25) is 0 Å². The Hall–Kier alpha value is -2.15. The molecule has 0 aromatic heterocycles. The second kappa shape index (κ2) is 6.48. The predicted octanol–water partition coefficient (Wildman–Crippen LogP) is 4.14. The van der Waals surface area contributed by atoms with Crippen molar-refractivity contribution in [3.8, 4) is 0 Å². The van der Waals surface area contributed by atoms with Crippen LogP contribution in [0.1, 0.15) is 50.2 Å². The van der Waals surface area contributed by atoms with E-state index in [2.05, 4.69) is 0 Å². The molecule has 0 unspecified atom stereocenters. The molecule has 1 aromatic carbocycles. The molecule has 0 saturated carbocycles. The zero-order valence-corrected chi connectivity index (χ0v) is 15.9. The summed E-state index contributed by atoms with van der Waals surface area (Å²) in [5, 5.41) is 3.20. The molecular weight excluding hydrogens is 357 g/mol. The maximum absolute atomic E-state index is 12.9. The molecule has 1 heterocycles. The summed E-state index contributed by atoms with van der Waals surface area (Å²) in [5.41, 5.74) is 0.778. The molecule has 0 N–H and O–H groups in total. The lowest BCUT2D eigenvalue weighted by molar-refractivity contribution is -0.144. The molecule has 0 saturated heterocycles. The number of benzene rings is 1. The smallest absolute Gasteiger partial charge is 0.294 e. The fourth-order valence-electron chi connectivity index (χ4n) is 4.05. The molecule has 27 heavy (non-hydrogen) atoms. The maximum Gasteiger partial charge on any atom is 0.416 e. The van der Waals surface area contributed by atoms with Gasteiger partial charge in [0.05, 0.1) is 5.56 Å². The highest BCUT2D eigenvalue weighted by Crippen LogP contribution is 2.47. The van der Waals surface area contributed by atoms with Crippen LogP contribution in [0.25, 0.3) is 0 Å². The molecule has 0 spiro atoms. The second-order valence-electron chi connectivity index (χ2n) is 8.23. The van der Waals surface area contributed by atoms with Crippen molar-refractivity contribution in [2.24, 2.45) is 5.41 Å². The minimum Gasteiger partial charge on any atom is -0.294 e. The standard InChI is InChI=1S/C20H23F3N2O2/c1-19(2)10-15-18(16(26)11-19)14(9-17(27)25(15)24(3)4)12-5-7-13(8-6-12)20(21,22)23/h5-8,14H,9-11H2,1-4H3/t14-/m1/s1. The van der Waals surface area contributed by atoms with Gasteiger partial charge in [-0.25, -0.2) is 10.0 Å². The van der Waals surface area contributed by atoms with Crippen molar-refractivity contribution in [3.63, 3.8) is 0 Å². The number of alkyl halides is 3. The highest BCUT2D eigenvalue weighted by Gasteiger charge is 2.44. The number of allylic oxidation sites excluding steroid dienone is 2. The van der Waals surface area contributed by atoms with Gasteiger partial charge in [-0.15, -0.1) is 0 Å². The van der Waals surface area contributed by atoms with Gasteiger partial charge in [0.15, 0.2) is 5.78 Å². The normalized spacial score (nSPS) is 23.1. The van der Waals surface area contributed by atoms with Gasteiger partial charge in [-0.1, -0.05) is 26.0 Å². The molecule has 1 atom stereocenters. The van der Waals surface area contributed by atoms with Crippen molar-refractivity contribution in [1.29, 1.82) is 0 Å². The maximum atomic E-state index is 12.9. The van der Waals surface area contributed by atoms with E-state index in [1.807, 2.05) is 13.8 Å². The number of carbonyl (C=O) groups is 2. The van der Waals surface area contributed by atoms with Crippen molar-refractivity contribution in [3.05, 3.63) is 46.7 Å². The summed E-state index contributed by atoms with van der Waals surface area (Å²) >= 11 is 0. The van der Waals surface area contributed by atoms with Gasteiger partial charge < -0.3 is 0 Å². The Morgan fingerprint density at radius 1 is 1.07 bits per heavy atom. The van der Waals surface area contributed by atoms with Gasteiger partial charge in [-0.2, -0.15) is 13.2 Å². The lowest BCUT2D eigenvalue weighted by Gasteiger charge is -2.44. The van der Waals surface area contributed by atoms with Gasteiger partial charge in [-0.3, -0.25) is 9.59 Å². The third-order valence-electron chi connectivity index (χ3n) is 5.16. The molecule has 146 valence electrons. The highest BCUT2D eigenvalue weighted by atomic mass is 19.4. The highest BCUT2D eigenvalue weighted by molar-refractivity contribution is 6.01. The Balaban J connectivity index is 2.10. The zero-order chi connectivity index (χ0) is 20.1. The number of hydrazine groups is 1. The summed E-state index contributed by atoms with van der Waals surface area (Å²) in [7, 11) is 3.49. The third kappa shape index (κ3) is 3.65. The first kappa shape index (κ1) is 19.6. The van der Waals surface area contributed by atoms with Crippen LogP contribution >= 0.6 is 0 Å². The zero-order valence-electron chi connectivity index (χ0n) is 15.9. The molecule has 0 fully saturated rings. The van der Waals surface area contributed by atoms with E-state index >= 15 is 0 Å². The Kier molecular flexibility index (Phi) is 4.70. The molecule has 3 rings (SSSR count). The van der Waals surface area contributed by atoms with E-state index < -0.39 is 17.7 Å². The molecule has 1 aliphatic carbocycles. The van der Waals surface area contributed by atoms with Crippen molar-refractivity contribution in [1.82, 2.24) is 10.0 Å². The van der Waals surface area contributed by atoms with Crippen molar-refractivity contribution >= 4 is 11.7 Å². The number of ketones is 1. The first-order valence-corrected chi connectivity index (χ1v) is 8.84. The Labute approximate surface area is 156 Å². The summed E-state index contributed by atoms with van der Waals surface area (Å²) in [6.07, 6.45) is -3.43. The van der Waals surface area contributed by atoms with Gasteiger partial charge in [0.2, 0.25) is 5.91 Å². The van der Waals surface area contributed by atoms with Crippen molar-refractivity contribution < 1.29 is 22.8 Å². The lowest BCUT2D eigenvalue weighted by Crippen LogP contribution is -2.49. The number of Topliss-reactive ketones (excluding diaryl/α,β-unsaturated/α-hetero) is 1. The fourth-order valence-corrected chi connectivity index (χ4v) is 4.05. The summed E-state index contributed by atoms with van der Waals surface area (Å²) in [6.45, 7) is 3.96. The number of rotatable bonds is 2. The van der Waals surface area contributed by atoms with E-state index in [1.165, 1.54) is 17.1 Å². The van der Waals surface area contributed by atoms with E-state index in [9.17, 15) is 22.8 Å². The molecule has 1 aliphatic heterocycles. The molecule has 1 aromatic rings. The quantitative estimate of drug-likeness (QED) is 0.774. The Morgan fingerprint density at radius 2 is 1.67 bits per heavy atom. The molecule has 4 nitrogen and oxygen atoms in total. The van der Waals surface area contributed by atoms with Gasteiger partial charge in [0.25, 0.3) is 0 Å². The van der Waals surface area contributed by atoms with Crippen molar-refractivity contribution in [2.45, 2.75) is 45.2 Å². The number of carbonyl (C=O) groups excluding carboxylic acids is 2. The van der Waals surface area contributed by atoms with Gasteiger partial charge >= 0.3 is 6.18 Å². The van der Waals surface area contributed by atoms with Gasteiger partial charge in [0.1, 0.15) is 0 Å². The van der Waals surface area contributed by atoms with E-state index in [0.29, 0.717) is 29.7 Å². The topological polar surface area (TPSA) is 40.6 Å². The average Bonchev–Trinajstić information content (AvgIpc) is 2.51. The summed E-state index contributed by atoms with van der Waals surface area (Å²) < 4.78 is 38.6. The van der Waals surface area contributed by atoms with Crippen LogP contribution in [0.5, 0.6) is 0 Å². The van der Waals surface area contributed by atoms with E-state index in [1.54, 1.807) is 19.1 Å². The van der Waals surface area contributed by atoms with Crippen molar-refractivity contribution in [2.75, 3.05) is 14.1 Å². The Bertz CT molecular complexity index is 808. The van der Waals surface area contributed by atoms with Crippen LogP contribution in [0.15, 0.2) is 35.5 Å². The number of halogens is 3. The first-order valence-electron chi connectivity index (χ1n) is 8.84. The molecule has 0 radical (unpaired) electrons. The summed E-state index contributed by atoms with van der Waals surface area (Å²) in [4.78, 5) is 25.7. The van der Waals surface area contributed by atoms with E-state index in [4.69, 9.17) is 0 Å². The number of amides is 1. The monoisotopic (exact) mass is 380 g/mol. The second-order valence-corrected chi connectivity index (χ2v) is 8.23. The molecule has 2 aliphatic rings. The Morgan fingerprint density at radius 3 is 2.19 bits per heavy atom. The first-order chi connectivity index (χ1) is 12.4. The van der Waals surface area contributed by atoms with Crippen LogP contribution in [0.4, 0.5) is 13.2 Å². The predicted molar refractivity (Wildman–Crippen MR) is 94.4 cm³/mol. The number of nitrogens with zero attached hydrogens (tertiary/aromatic N) is 2. The fraction of sp³-hybridized carbons (Fsp3) is 0.500. The summed E-state index contributed by atoms with van der Waals surface area (Å²) in [5.74, 6) is -0.700. The molecule has 0 bridgehead atoms. The minimum absolute atomic E-state index is 0.0366. The van der Waals surface area contributed by atoms with Gasteiger partial charge in [-0.05, 0) is 29.5 Å². The largest absolute Gasteiger partial charge is 0.416 e. The molecule has 7 heteroatoms. The van der Waals surface area contributed by atoms with E-state index in [-0.39, 0.29) is 23.5 Å². The van der Waals surface area contributed by atoms with Crippen LogP contribution < -0.4 is 0 Å². The van der Waals surface area contributed by atoms with Crippen LogP contribution in [-0.2, 0) is 15.8 Å². The molecular formula is C20H23F3N2O2. The van der Waals surface area contributed by atoms with Gasteiger partial charge in [0, 0.05) is 44.1 Å². The third-order valence-corrected chi connectivity index (χ3v) is 5.16. The average molecular weight is 380 g/mol. The number of hydrogen-bond donors (Lipinski definition) is 0. The number of hydrogen-bond acceptors (Lipinski definition) is 3.